The number of tetrazole rings is 1. The maximum absolute atomic E-state index is 11.6. The van der Waals surface area contributed by atoms with Gasteiger partial charge in [-0.15, -0.1) is 10.2 Å². The Bertz CT molecular complexity index is 1440. The van der Waals surface area contributed by atoms with Crippen molar-refractivity contribution in [1.29, 1.82) is 0 Å². The monoisotopic (exact) mass is 568 g/mol. The van der Waals surface area contributed by atoms with Crippen LogP contribution in [-0.2, 0) is 22.5 Å². The first-order valence-electron chi connectivity index (χ1n) is 14.8. The number of hydrogen-bond acceptors (Lipinski definition) is 8. The second-order valence-corrected chi connectivity index (χ2v) is 11.1. The van der Waals surface area contributed by atoms with E-state index in [0.717, 1.165) is 55.6 Å². The molecular weight excluding hydrogens is 528 g/mol. The van der Waals surface area contributed by atoms with Crippen LogP contribution in [0.5, 0.6) is 5.75 Å². The zero-order valence-corrected chi connectivity index (χ0v) is 24.4. The van der Waals surface area contributed by atoms with E-state index in [1.807, 2.05) is 31.2 Å². The van der Waals surface area contributed by atoms with Crippen LogP contribution in [0.1, 0.15) is 55.8 Å². The molecule has 9 heteroatoms. The van der Waals surface area contributed by atoms with Gasteiger partial charge < -0.3 is 15.2 Å². The number of phenolic OH excluding ortho intramolecular Hbond substituents is 1. The van der Waals surface area contributed by atoms with Crippen LogP contribution in [0.2, 0.25) is 0 Å². The lowest BCUT2D eigenvalue weighted by Gasteiger charge is -2.50. The van der Waals surface area contributed by atoms with Crippen LogP contribution >= 0.6 is 0 Å². The van der Waals surface area contributed by atoms with E-state index in [1.54, 1.807) is 10.9 Å². The molecule has 0 aliphatic carbocycles. The molecule has 9 nitrogen and oxygen atoms in total. The number of benzene rings is 3. The number of esters is 1. The van der Waals surface area contributed by atoms with E-state index in [2.05, 4.69) is 81.1 Å². The van der Waals surface area contributed by atoms with Gasteiger partial charge in [0.1, 0.15) is 5.75 Å². The molecule has 2 unspecified atom stereocenters. The average Bonchev–Trinajstić information content (AvgIpc) is 3.47. The largest absolute Gasteiger partial charge is 0.508 e. The topological polar surface area (TPSA) is 105 Å². The van der Waals surface area contributed by atoms with E-state index in [1.165, 1.54) is 5.56 Å². The second-order valence-electron chi connectivity index (χ2n) is 11.1. The van der Waals surface area contributed by atoms with Crippen molar-refractivity contribution in [3.63, 3.8) is 0 Å². The second kappa shape index (κ2) is 13.7. The zero-order chi connectivity index (χ0) is 29.4. The minimum absolute atomic E-state index is 0.0509. The molecule has 3 aromatic carbocycles. The summed E-state index contributed by atoms with van der Waals surface area (Å²) in [6.45, 7) is 7.76. The van der Waals surface area contributed by atoms with E-state index >= 15 is 0 Å². The van der Waals surface area contributed by atoms with Crippen LogP contribution in [-0.4, -0.2) is 68.0 Å². The van der Waals surface area contributed by atoms with Crippen molar-refractivity contribution < 1.29 is 14.6 Å². The first-order valence-corrected chi connectivity index (χ1v) is 14.8. The van der Waals surface area contributed by atoms with Crippen molar-refractivity contribution in [2.24, 2.45) is 0 Å². The van der Waals surface area contributed by atoms with Crippen molar-refractivity contribution >= 4 is 5.97 Å². The van der Waals surface area contributed by atoms with Gasteiger partial charge in [-0.1, -0.05) is 66.7 Å². The lowest BCUT2D eigenvalue weighted by Crippen LogP contribution is -2.61. The molecule has 5 rings (SSSR count). The summed E-state index contributed by atoms with van der Waals surface area (Å²) in [5.41, 5.74) is 4.23. The van der Waals surface area contributed by atoms with Gasteiger partial charge in [-0.05, 0) is 67.1 Å². The molecule has 42 heavy (non-hydrogen) atoms. The fourth-order valence-electron chi connectivity index (χ4n) is 5.84. The van der Waals surface area contributed by atoms with Gasteiger partial charge in [0.2, 0.25) is 5.82 Å². The maximum Gasteiger partial charge on any atom is 0.305 e. The number of nitrogens with zero attached hydrogens (tertiary/aromatic N) is 5. The molecular formula is C33H40N6O3. The van der Waals surface area contributed by atoms with Crippen LogP contribution in [0.4, 0.5) is 0 Å². The molecule has 2 heterocycles. The number of aryl methyl sites for hydroxylation is 1. The van der Waals surface area contributed by atoms with Gasteiger partial charge >= 0.3 is 5.97 Å². The van der Waals surface area contributed by atoms with Crippen LogP contribution in [0.25, 0.3) is 11.4 Å². The maximum atomic E-state index is 11.6. The highest BCUT2D eigenvalue weighted by atomic mass is 16.5. The molecule has 0 spiro atoms. The number of piperazine rings is 1. The van der Waals surface area contributed by atoms with Crippen LogP contribution in [0.3, 0.4) is 0 Å². The van der Waals surface area contributed by atoms with E-state index in [4.69, 9.17) is 4.74 Å². The number of carbonyl (C=O) groups excluding carboxylic acids is 1. The molecule has 2 atom stereocenters. The third-order valence-corrected chi connectivity index (χ3v) is 7.89. The van der Waals surface area contributed by atoms with Gasteiger partial charge in [-0.3, -0.25) is 9.69 Å². The molecule has 0 bridgehead atoms. The zero-order valence-electron chi connectivity index (χ0n) is 24.4. The van der Waals surface area contributed by atoms with Crippen molar-refractivity contribution in [3.8, 4) is 17.1 Å². The highest BCUT2D eigenvalue weighted by molar-refractivity contribution is 5.69. The highest BCUT2D eigenvalue weighted by Gasteiger charge is 2.40. The predicted molar refractivity (Wildman–Crippen MR) is 162 cm³/mol. The van der Waals surface area contributed by atoms with Crippen molar-refractivity contribution in [2.45, 2.75) is 57.7 Å². The summed E-state index contributed by atoms with van der Waals surface area (Å²) in [7, 11) is 0. The Labute approximate surface area is 247 Å². The fraction of sp³-hybridized carbons (Fsp3) is 0.394. The normalized spacial score (nSPS) is 18.0. The minimum Gasteiger partial charge on any atom is -0.508 e. The lowest BCUT2D eigenvalue weighted by molar-refractivity contribution is -0.143. The Morgan fingerprint density at radius 3 is 2.62 bits per heavy atom. The SMILES string of the molecule is CCOC(=O)CCCCn1nnc(-c2ccc(C(c3cccc(O)c3)N3CCNCC3(C)Cc3ccccc3)cc2)n1. The van der Waals surface area contributed by atoms with Gasteiger partial charge in [0.25, 0.3) is 0 Å². The fourth-order valence-corrected chi connectivity index (χ4v) is 5.84. The summed E-state index contributed by atoms with van der Waals surface area (Å²) >= 11 is 0. The number of phenols is 1. The number of ether oxygens (including phenoxy) is 1. The first kappa shape index (κ1) is 29.4. The van der Waals surface area contributed by atoms with Gasteiger partial charge in [0.15, 0.2) is 0 Å². The Kier molecular flexibility index (Phi) is 9.61. The number of hydrogen-bond donors (Lipinski definition) is 2. The summed E-state index contributed by atoms with van der Waals surface area (Å²) in [4.78, 5) is 15.7. The van der Waals surface area contributed by atoms with Crippen molar-refractivity contribution in [3.05, 3.63) is 95.6 Å². The van der Waals surface area contributed by atoms with Crippen molar-refractivity contribution in [2.75, 3.05) is 26.2 Å². The smallest absolute Gasteiger partial charge is 0.305 e. The molecule has 0 radical (unpaired) electrons. The summed E-state index contributed by atoms with van der Waals surface area (Å²) in [6.07, 6.45) is 2.79. The Hall–Kier alpha value is -4.08. The van der Waals surface area contributed by atoms with E-state index in [0.29, 0.717) is 25.4 Å². The molecule has 4 aromatic rings. The number of carbonyl (C=O) groups is 1. The molecule has 1 aliphatic heterocycles. The molecule has 220 valence electrons. The number of aromatic nitrogens is 4. The number of aromatic hydroxyl groups is 1. The number of rotatable bonds is 12. The minimum atomic E-state index is -0.171. The van der Waals surface area contributed by atoms with Crippen molar-refractivity contribution in [1.82, 2.24) is 30.4 Å². The summed E-state index contributed by atoms with van der Waals surface area (Å²) < 4.78 is 4.99. The van der Waals surface area contributed by atoms with E-state index in [-0.39, 0.29) is 23.3 Å². The Balaban J connectivity index is 1.36. The molecule has 1 saturated heterocycles. The van der Waals surface area contributed by atoms with E-state index in [9.17, 15) is 9.90 Å². The molecule has 1 fully saturated rings. The molecule has 2 N–H and O–H groups in total. The van der Waals surface area contributed by atoms with Gasteiger partial charge in [0.05, 0.1) is 19.2 Å². The quantitative estimate of drug-likeness (QED) is 0.186. The third kappa shape index (κ3) is 7.21. The number of unbranched alkanes of at least 4 members (excludes halogenated alkanes) is 1. The van der Waals surface area contributed by atoms with Gasteiger partial charge in [-0.25, -0.2) is 0 Å². The average molecular weight is 569 g/mol. The molecule has 1 aliphatic rings. The first-order chi connectivity index (χ1) is 20.4. The molecule has 0 saturated carbocycles. The van der Waals surface area contributed by atoms with Gasteiger partial charge in [-0.2, -0.15) is 4.80 Å². The summed E-state index contributed by atoms with van der Waals surface area (Å²) in [5.74, 6) is 0.657. The van der Waals surface area contributed by atoms with Crippen LogP contribution < -0.4 is 5.32 Å². The lowest BCUT2D eigenvalue weighted by atomic mass is 9.84. The highest BCUT2D eigenvalue weighted by Crippen LogP contribution is 2.38. The Morgan fingerprint density at radius 2 is 1.86 bits per heavy atom. The number of nitrogens with one attached hydrogen (secondary N) is 1. The summed E-state index contributed by atoms with van der Waals surface area (Å²) in [5, 5.41) is 27.1. The van der Waals surface area contributed by atoms with Crippen LogP contribution in [0, 0.1) is 0 Å². The molecule has 1 aromatic heterocycles. The Morgan fingerprint density at radius 1 is 1.05 bits per heavy atom. The van der Waals surface area contributed by atoms with E-state index < -0.39 is 0 Å². The standard InChI is InChI=1S/C33H40N6O3/c1-3-42-30(41)14-7-8-20-39-36-32(35-37-39)27-17-15-26(16-18-27)31(28-12-9-13-29(40)22-28)38-21-19-34-24-33(38,2)23-25-10-5-4-6-11-25/h4-6,9-13,15-18,22,31,34,40H,3,7-8,14,19-21,23-24H2,1-2H3. The summed E-state index contributed by atoms with van der Waals surface area (Å²) in [6, 6.07) is 26.5. The third-order valence-electron chi connectivity index (χ3n) is 7.89. The van der Waals surface area contributed by atoms with Crippen LogP contribution in [0.15, 0.2) is 78.9 Å². The van der Waals surface area contributed by atoms with Gasteiger partial charge in [0, 0.05) is 37.2 Å². The predicted octanol–water partition coefficient (Wildman–Crippen LogP) is 4.78. The molecule has 0 amide bonds.